The van der Waals surface area contributed by atoms with Crippen LogP contribution in [-0.4, -0.2) is 36.6 Å². The second-order valence-corrected chi connectivity index (χ2v) is 6.53. The van der Waals surface area contributed by atoms with Gasteiger partial charge in [-0.25, -0.2) is 4.39 Å². The molecule has 1 aromatic heterocycles. The Kier molecular flexibility index (Phi) is 6.93. The van der Waals surface area contributed by atoms with Crippen molar-refractivity contribution in [3.05, 3.63) is 82.9 Å². The number of hydrogen-bond acceptors (Lipinski definition) is 4. The summed E-state index contributed by atoms with van der Waals surface area (Å²) in [5.41, 5.74) is 1.64. The molecule has 0 radical (unpaired) electrons. The lowest BCUT2D eigenvalue weighted by Crippen LogP contribution is -2.31. The van der Waals surface area contributed by atoms with Crippen LogP contribution in [0.5, 0.6) is 11.5 Å². The second kappa shape index (κ2) is 10.00. The van der Waals surface area contributed by atoms with Crippen LogP contribution in [0.2, 0.25) is 0 Å². The van der Waals surface area contributed by atoms with Gasteiger partial charge in [0.1, 0.15) is 29.1 Å². The number of halogens is 1. The maximum Gasteiger partial charge on any atom is 0.271 e. The normalized spacial score (nSPS) is 9.87. The van der Waals surface area contributed by atoms with Crippen LogP contribution in [0.25, 0.3) is 0 Å². The SMILES string of the molecule is COc1ccc(CN(CC#Cc2ccc(F)c(C#N)c2)C(=O)c2ccc[nH]2)c(OC)c1. The molecule has 1 amide bonds. The number of aromatic nitrogens is 1. The number of carbonyl (C=O) groups is 1. The number of nitriles is 1. The van der Waals surface area contributed by atoms with E-state index in [2.05, 4.69) is 16.8 Å². The molecule has 156 valence electrons. The third-order valence-corrected chi connectivity index (χ3v) is 4.56. The minimum absolute atomic E-state index is 0.0749. The van der Waals surface area contributed by atoms with Crippen molar-refractivity contribution in [3.63, 3.8) is 0 Å². The van der Waals surface area contributed by atoms with Crippen LogP contribution in [0.1, 0.15) is 27.2 Å². The molecule has 0 unspecified atom stereocenters. The molecule has 1 heterocycles. The molecule has 2 aromatic carbocycles. The fraction of sp³-hybridized carbons (Fsp3) is 0.167. The van der Waals surface area contributed by atoms with Crippen molar-refractivity contribution in [2.24, 2.45) is 0 Å². The van der Waals surface area contributed by atoms with Crippen molar-refractivity contribution >= 4 is 5.91 Å². The summed E-state index contributed by atoms with van der Waals surface area (Å²) in [5, 5.41) is 8.97. The van der Waals surface area contributed by atoms with Gasteiger partial charge in [0.25, 0.3) is 5.91 Å². The lowest BCUT2D eigenvalue weighted by Gasteiger charge is -2.21. The average Bonchev–Trinajstić information content (AvgIpc) is 3.34. The Labute approximate surface area is 179 Å². The lowest BCUT2D eigenvalue weighted by atomic mass is 10.1. The summed E-state index contributed by atoms with van der Waals surface area (Å²) in [6.45, 7) is 0.374. The summed E-state index contributed by atoms with van der Waals surface area (Å²) in [5.74, 6) is 6.24. The van der Waals surface area contributed by atoms with Crippen LogP contribution < -0.4 is 9.47 Å². The van der Waals surface area contributed by atoms with Gasteiger partial charge in [0.05, 0.1) is 32.9 Å². The van der Waals surface area contributed by atoms with E-state index in [4.69, 9.17) is 14.7 Å². The minimum atomic E-state index is -0.594. The fourth-order valence-corrected chi connectivity index (χ4v) is 2.95. The highest BCUT2D eigenvalue weighted by Gasteiger charge is 2.18. The molecule has 31 heavy (non-hydrogen) atoms. The van der Waals surface area contributed by atoms with E-state index < -0.39 is 5.82 Å². The molecule has 6 nitrogen and oxygen atoms in total. The van der Waals surface area contributed by atoms with Gasteiger partial charge in [-0.2, -0.15) is 5.26 Å². The molecule has 0 saturated heterocycles. The van der Waals surface area contributed by atoms with Crippen molar-refractivity contribution in [2.45, 2.75) is 6.54 Å². The van der Waals surface area contributed by atoms with Gasteiger partial charge in [-0.3, -0.25) is 4.79 Å². The average molecular weight is 417 g/mol. The molecule has 0 atom stereocenters. The smallest absolute Gasteiger partial charge is 0.271 e. The number of nitrogens with one attached hydrogen (secondary N) is 1. The van der Waals surface area contributed by atoms with E-state index in [0.29, 0.717) is 22.8 Å². The summed E-state index contributed by atoms with van der Waals surface area (Å²) in [4.78, 5) is 17.5. The van der Waals surface area contributed by atoms with Crippen molar-refractivity contribution in [1.29, 1.82) is 5.26 Å². The first-order chi connectivity index (χ1) is 15.0. The molecule has 3 rings (SSSR count). The number of H-pyrrole nitrogens is 1. The molecule has 3 aromatic rings. The van der Waals surface area contributed by atoms with Gasteiger partial charge < -0.3 is 19.4 Å². The summed E-state index contributed by atoms with van der Waals surface area (Å²) in [7, 11) is 3.12. The first-order valence-electron chi connectivity index (χ1n) is 9.37. The summed E-state index contributed by atoms with van der Waals surface area (Å²) >= 11 is 0. The predicted molar refractivity (Wildman–Crippen MR) is 113 cm³/mol. The quantitative estimate of drug-likeness (QED) is 0.620. The number of amides is 1. The molecular formula is C24H20FN3O3. The number of ether oxygens (including phenoxy) is 2. The number of benzene rings is 2. The second-order valence-electron chi connectivity index (χ2n) is 6.53. The van der Waals surface area contributed by atoms with E-state index in [1.807, 2.05) is 6.07 Å². The van der Waals surface area contributed by atoms with Gasteiger partial charge in [0.2, 0.25) is 0 Å². The third kappa shape index (κ3) is 5.23. The third-order valence-electron chi connectivity index (χ3n) is 4.56. The molecule has 7 heteroatoms. The molecule has 0 fully saturated rings. The largest absolute Gasteiger partial charge is 0.497 e. The highest BCUT2D eigenvalue weighted by molar-refractivity contribution is 5.92. The maximum absolute atomic E-state index is 13.5. The van der Waals surface area contributed by atoms with Crippen molar-refractivity contribution in [1.82, 2.24) is 9.88 Å². The van der Waals surface area contributed by atoms with Crippen LogP contribution >= 0.6 is 0 Å². The van der Waals surface area contributed by atoms with E-state index in [0.717, 1.165) is 5.56 Å². The van der Waals surface area contributed by atoms with E-state index in [9.17, 15) is 9.18 Å². The molecule has 1 N–H and O–H groups in total. The Bertz CT molecular complexity index is 1170. The summed E-state index contributed by atoms with van der Waals surface area (Å²) < 4.78 is 24.2. The summed E-state index contributed by atoms with van der Waals surface area (Å²) in [6, 6.07) is 14.7. The molecule has 0 aliphatic carbocycles. The molecule has 0 spiro atoms. The maximum atomic E-state index is 13.5. The monoisotopic (exact) mass is 417 g/mol. The van der Waals surface area contributed by atoms with Gasteiger partial charge in [-0.1, -0.05) is 11.8 Å². The Morgan fingerprint density at radius 1 is 1.16 bits per heavy atom. The van der Waals surface area contributed by atoms with Crippen LogP contribution in [0.4, 0.5) is 4.39 Å². The zero-order valence-electron chi connectivity index (χ0n) is 17.1. The van der Waals surface area contributed by atoms with Gasteiger partial charge in [-0.05, 0) is 42.5 Å². The molecule has 0 aliphatic rings. The number of aromatic amines is 1. The van der Waals surface area contributed by atoms with Crippen molar-refractivity contribution < 1.29 is 18.7 Å². The van der Waals surface area contributed by atoms with Crippen LogP contribution in [-0.2, 0) is 6.54 Å². The Morgan fingerprint density at radius 2 is 2.00 bits per heavy atom. The molecule has 0 bridgehead atoms. The highest BCUT2D eigenvalue weighted by Crippen LogP contribution is 2.26. The van der Waals surface area contributed by atoms with Gasteiger partial charge in [0.15, 0.2) is 0 Å². The summed E-state index contributed by atoms with van der Waals surface area (Å²) in [6.07, 6.45) is 1.67. The number of nitrogens with zero attached hydrogens (tertiary/aromatic N) is 2. The molecule has 0 aliphatic heterocycles. The number of methoxy groups -OCH3 is 2. The van der Waals surface area contributed by atoms with Crippen LogP contribution in [0.3, 0.4) is 0 Å². The minimum Gasteiger partial charge on any atom is -0.497 e. The number of hydrogen-bond donors (Lipinski definition) is 1. The Balaban J connectivity index is 1.87. The zero-order chi connectivity index (χ0) is 22.2. The Hall–Kier alpha value is -4.23. The first kappa shape index (κ1) is 21.5. The van der Waals surface area contributed by atoms with E-state index in [1.54, 1.807) is 55.7 Å². The number of carbonyl (C=O) groups excluding carboxylic acids is 1. The topological polar surface area (TPSA) is 78.4 Å². The van der Waals surface area contributed by atoms with E-state index >= 15 is 0 Å². The van der Waals surface area contributed by atoms with Gasteiger partial charge in [0, 0.05) is 23.4 Å². The van der Waals surface area contributed by atoms with Crippen molar-refractivity contribution in [3.8, 4) is 29.4 Å². The highest BCUT2D eigenvalue weighted by atomic mass is 19.1. The number of rotatable bonds is 6. The zero-order valence-corrected chi connectivity index (χ0v) is 17.1. The molecular weight excluding hydrogens is 397 g/mol. The van der Waals surface area contributed by atoms with Crippen LogP contribution in [0.15, 0.2) is 54.7 Å². The van der Waals surface area contributed by atoms with Crippen LogP contribution in [0, 0.1) is 29.0 Å². The van der Waals surface area contributed by atoms with E-state index in [-0.39, 0.29) is 24.6 Å². The first-order valence-corrected chi connectivity index (χ1v) is 9.37. The van der Waals surface area contributed by atoms with Gasteiger partial charge in [-0.15, -0.1) is 0 Å². The van der Waals surface area contributed by atoms with Crippen molar-refractivity contribution in [2.75, 3.05) is 20.8 Å². The molecule has 0 saturated carbocycles. The fourth-order valence-electron chi connectivity index (χ4n) is 2.95. The van der Waals surface area contributed by atoms with E-state index in [1.165, 1.54) is 18.2 Å². The predicted octanol–water partition coefficient (Wildman–Crippen LogP) is 3.74. The van der Waals surface area contributed by atoms with Gasteiger partial charge >= 0.3 is 0 Å². The Morgan fingerprint density at radius 3 is 2.68 bits per heavy atom. The lowest BCUT2D eigenvalue weighted by molar-refractivity contribution is 0.0759. The standard InChI is InChI=1S/C24H20FN3O3/c1-30-20-9-8-18(23(14-20)31-2)16-28(24(29)22-6-3-11-27-22)12-4-5-17-7-10-21(25)19(13-17)15-26/h3,6-11,13-14,27H,12,16H2,1-2H3.